The Morgan fingerprint density at radius 2 is 2.15 bits per heavy atom. The molecular weight excluding hydrogens is 294 g/mol. The standard InChI is InChI=1S/C10H11Br2N/c1-7-3-9(12)5-10(4-7)13-6-8(2)11/h3-5,13H,2,6H2,1H3. The van der Waals surface area contributed by atoms with Gasteiger partial charge in [-0.25, -0.2) is 0 Å². The second kappa shape index (κ2) is 4.82. The average Bonchev–Trinajstić information content (AvgIpc) is 1.99. The smallest absolute Gasteiger partial charge is 0.0460 e. The number of aryl methyl sites for hydroxylation is 1. The van der Waals surface area contributed by atoms with Gasteiger partial charge in [0.25, 0.3) is 0 Å². The number of rotatable bonds is 3. The molecule has 1 N–H and O–H groups in total. The number of hydrogen-bond donors (Lipinski definition) is 1. The fraction of sp³-hybridized carbons (Fsp3) is 0.200. The van der Waals surface area contributed by atoms with E-state index in [4.69, 9.17) is 0 Å². The van der Waals surface area contributed by atoms with Crippen molar-refractivity contribution in [3.05, 3.63) is 39.3 Å². The Hall–Kier alpha value is -0.280. The van der Waals surface area contributed by atoms with Crippen LogP contribution in [-0.2, 0) is 0 Å². The maximum Gasteiger partial charge on any atom is 0.0460 e. The van der Waals surface area contributed by atoms with Crippen LogP contribution in [0.2, 0.25) is 0 Å². The zero-order valence-electron chi connectivity index (χ0n) is 7.40. The Morgan fingerprint density at radius 3 is 2.69 bits per heavy atom. The summed E-state index contributed by atoms with van der Waals surface area (Å²) in [5.41, 5.74) is 2.34. The lowest BCUT2D eigenvalue weighted by molar-refractivity contribution is 1.31. The first kappa shape index (κ1) is 10.8. The van der Waals surface area contributed by atoms with Crippen molar-refractivity contribution in [1.29, 1.82) is 0 Å². The third-order valence-electron chi connectivity index (χ3n) is 1.53. The van der Waals surface area contributed by atoms with Gasteiger partial charge in [-0.2, -0.15) is 0 Å². The summed E-state index contributed by atoms with van der Waals surface area (Å²) in [6, 6.07) is 6.22. The Bertz CT molecular complexity index is 300. The fourth-order valence-electron chi connectivity index (χ4n) is 1.04. The topological polar surface area (TPSA) is 12.0 Å². The van der Waals surface area contributed by atoms with Crippen LogP contribution in [0.25, 0.3) is 0 Å². The molecule has 0 aromatic heterocycles. The summed E-state index contributed by atoms with van der Waals surface area (Å²) in [4.78, 5) is 0. The van der Waals surface area contributed by atoms with Gasteiger partial charge in [0.1, 0.15) is 0 Å². The molecule has 0 unspecified atom stereocenters. The summed E-state index contributed by atoms with van der Waals surface area (Å²) in [6.07, 6.45) is 0. The highest BCUT2D eigenvalue weighted by Crippen LogP contribution is 2.19. The van der Waals surface area contributed by atoms with Gasteiger partial charge in [-0.05, 0) is 30.7 Å². The molecule has 1 aromatic rings. The van der Waals surface area contributed by atoms with Crippen molar-refractivity contribution in [2.45, 2.75) is 6.92 Å². The maximum atomic E-state index is 3.76. The van der Waals surface area contributed by atoms with Gasteiger partial charge in [-0.1, -0.05) is 38.4 Å². The van der Waals surface area contributed by atoms with Crippen LogP contribution in [0.15, 0.2) is 33.7 Å². The number of halogens is 2. The molecule has 70 valence electrons. The molecule has 0 spiro atoms. The van der Waals surface area contributed by atoms with Crippen molar-refractivity contribution in [2.75, 3.05) is 11.9 Å². The molecule has 1 nitrogen and oxygen atoms in total. The highest BCUT2D eigenvalue weighted by Gasteiger charge is 1.95. The lowest BCUT2D eigenvalue weighted by Gasteiger charge is -2.06. The number of nitrogens with one attached hydrogen (secondary N) is 1. The summed E-state index contributed by atoms with van der Waals surface area (Å²) in [7, 11) is 0. The minimum Gasteiger partial charge on any atom is -0.380 e. The molecule has 0 amide bonds. The first-order valence-electron chi connectivity index (χ1n) is 3.92. The molecule has 0 radical (unpaired) electrons. The fourth-order valence-corrected chi connectivity index (χ4v) is 1.78. The summed E-state index contributed by atoms with van der Waals surface area (Å²) >= 11 is 6.75. The van der Waals surface area contributed by atoms with Gasteiger partial charge in [0, 0.05) is 21.2 Å². The van der Waals surface area contributed by atoms with Crippen LogP contribution in [0.4, 0.5) is 5.69 Å². The predicted octanol–water partition coefficient (Wildman–Crippen LogP) is 4.08. The molecule has 0 aliphatic rings. The molecule has 0 fully saturated rings. The van der Waals surface area contributed by atoms with Crippen LogP contribution in [0.3, 0.4) is 0 Å². The Balaban J connectivity index is 2.71. The van der Waals surface area contributed by atoms with Gasteiger partial charge < -0.3 is 5.32 Å². The van der Waals surface area contributed by atoms with Crippen LogP contribution in [-0.4, -0.2) is 6.54 Å². The molecule has 0 saturated heterocycles. The summed E-state index contributed by atoms with van der Waals surface area (Å²) in [5, 5.41) is 3.25. The van der Waals surface area contributed by atoms with Gasteiger partial charge in [-0.3, -0.25) is 0 Å². The predicted molar refractivity (Wildman–Crippen MR) is 65.4 cm³/mol. The number of benzene rings is 1. The molecule has 0 aliphatic carbocycles. The van der Waals surface area contributed by atoms with Crippen molar-refractivity contribution >= 4 is 37.5 Å². The zero-order chi connectivity index (χ0) is 9.84. The summed E-state index contributed by atoms with van der Waals surface area (Å²) in [5.74, 6) is 0. The molecule has 0 saturated carbocycles. The van der Waals surface area contributed by atoms with E-state index in [1.54, 1.807) is 0 Å². The molecular formula is C10H11Br2N. The summed E-state index contributed by atoms with van der Waals surface area (Å²) < 4.78 is 2.04. The van der Waals surface area contributed by atoms with Gasteiger partial charge in [-0.15, -0.1) is 0 Å². The normalized spacial score (nSPS) is 9.77. The summed E-state index contributed by atoms with van der Waals surface area (Å²) in [6.45, 7) is 6.57. The van der Waals surface area contributed by atoms with Gasteiger partial charge in [0.15, 0.2) is 0 Å². The molecule has 0 aliphatic heterocycles. The lowest BCUT2D eigenvalue weighted by Crippen LogP contribution is -2.00. The average molecular weight is 305 g/mol. The van der Waals surface area contributed by atoms with E-state index in [9.17, 15) is 0 Å². The quantitative estimate of drug-likeness (QED) is 0.887. The van der Waals surface area contributed by atoms with E-state index in [1.807, 2.05) is 6.07 Å². The monoisotopic (exact) mass is 303 g/mol. The van der Waals surface area contributed by atoms with E-state index in [0.29, 0.717) is 0 Å². The van der Waals surface area contributed by atoms with E-state index in [0.717, 1.165) is 21.2 Å². The highest BCUT2D eigenvalue weighted by molar-refractivity contribution is 9.11. The minimum atomic E-state index is 0.746. The van der Waals surface area contributed by atoms with Crippen molar-refractivity contribution in [2.24, 2.45) is 0 Å². The Labute approximate surface area is 95.5 Å². The first-order valence-corrected chi connectivity index (χ1v) is 5.51. The van der Waals surface area contributed by atoms with Crippen molar-refractivity contribution in [3.63, 3.8) is 0 Å². The highest BCUT2D eigenvalue weighted by atomic mass is 79.9. The van der Waals surface area contributed by atoms with E-state index >= 15 is 0 Å². The SMILES string of the molecule is C=C(Br)CNc1cc(C)cc(Br)c1. The van der Waals surface area contributed by atoms with Crippen LogP contribution < -0.4 is 5.32 Å². The van der Waals surface area contributed by atoms with Crippen LogP contribution in [0, 0.1) is 6.92 Å². The minimum absolute atomic E-state index is 0.746. The van der Waals surface area contributed by atoms with Crippen LogP contribution in [0.1, 0.15) is 5.56 Å². The number of anilines is 1. The maximum absolute atomic E-state index is 3.76. The molecule has 0 heterocycles. The Kier molecular flexibility index (Phi) is 4.00. The van der Waals surface area contributed by atoms with Gasteiger partial charge in [0.2, 0.25) is 0 Å². The lowest BCUT2D eigenvalue weighted by atomic mass is 10.2. The zero-order valence-corrected chi connectivity index (χ0v) is 10.6. The first-order chi connectivity index (χ1) is 6.08. The molecule has 0 atom stereocenters. The van der Waals surface area contributed by atoms with Crippen molar-refractivity contribution in [3.8, 4) is 0 Å². The van der Waals surface area contributed by atoms with E-state index < -0.39 is 0 Å². The molecule has 1 aromatic carbocycles. The van der Waals surface area contributed by atoms with Gasteiger partial charge >= 0.3 is 0 Å². The third-order valence-corrected chi connectivity index (χ3v) is 2.26. The molecule has 1 rings (SSSR count). The molecule has 0 bridgehead atoms. The molecule has 13 heavy (non-hydrogen) atoms. The van der Waals surface area contributed by atoms with Crippen LogP contribution >= 0.6 is 31.9 Å². The van der Waals surface area contributed by atoms with Crippen LogP contribution in [0.5, 0.6) is 0 Å². The van der Waals surface area contributed by atoms with E-state index in [-0.39, 0.29) is 0 Å². The molecule has 3 heteroatoms. The number of hydrogen-bond acceptors (Lipinski definition) is 1. The van der Waals surface area contributed by atoms with Crippen molar-refractivity contribution in [1.82, 2.24) is 0 Å². The second-order valence-electron chi connectivity index (χ2n) is 2.89. The van der Waals surface area contributed by atoms with E-state index in [1.165, 1.54) is 5.56 Å². The third kappa shape index (κ3) is 3.96. The Morgan fingerprint density at radius 1 is 1.46 bits per heavy atom. The van der Waals surface area contributed by atoms with Gasteiger partial charge in [0.05, 0.1) is 0 Å². The largest absolute Gasteiger partial charge is 0.380 e. The van der Waals surface area contributed by atoms with Crippen molar-refractivity contribution < 1.29 is 0 Å². The second-order valence-corrected chi connectivity index (χ2v) is 4.93. The van der Waals surface area contributed by atoms with E-state index in [2.05, 4.69) is 62.8 Å².